The van der Waals surface area contributed by atoms with Crippen LogP contribution in [0.15, 0.2) is 48.5 Å². The third-order valence-corrected chi connectivity index (χ3v) is 3.88. The Morgan fingerprint density at radius 1 is 1.00 bits per heavy atom. The van der Waals surface area contributed by atoms with E-state index in [0.29, 0.717) is 6.42 Å². The van der Waals surface area contributed by atoms with E-state index in [9.17, 15) is 5.11 Å². The van der Waals surface area contributed by atoms with Crippen LogP contribution in [0.1, 0.15) is 17.2 Å². The van der Waals surface area contributed by atoms with Crippen molar-refractivity contribution in [1.29, 1.82) is 0 Å². The molecule has 0 saturated heterocycles. The summed E-state index contributed by atoms with van der Waals surface area (Å²) in [4.78, 5) is 0. The van der Waals surface area contributed by atoms with Crippen molar-refractivity contribution in [2.45, 2.75) is 18.1 Å². The second-order valence-corrected chi connectivity index (χ2v) is 5.21. The molecule has 0 saturated carbocycles. The summed E-state index contributed by atoms with van der Waals surface area (Å²) in [6.45, 7) is 0.267. The van der Waals surface area contributed by atoms with Gasteiger partial charge in [0.2, 0.25) is 0 Å². The fourth-order valence-corrected chi connectivity index (χ4v) is 2.93. The second-order valence-electron chi connectivity index (χ2n) is 5.21. The van der Waals surface area contributed by atoms with E-state index in [-0.39, 0.29) is 12.7 Å². The Morgan fingerprint density at radius 3 is 2.63 bits per heavy atom. The number of fused-ring (bicyclic) bond motifs is 4. The monoisotopic (exact) mass is 254 g/mol. The Bertz CT molecular complexity index is 637. The van der Waals surface area contributed by atoms with E-state index in [1.807, 2.05) is 48.5 Å². The van der Waals surface area contributed by atoms with Crippen LogP contribution in [0.3, 0.4) is 0 Å². The number of rotatable bonds is 0. The molecule has 0 fully saturated rings. The molecule has 3 heteroatoms. The lowest BCUT2D eigenvalue weighted by molar-refractivity contribution is -0.113. The number of hydrogen-bond acceptors (Lipinski definition) is 3. The SMILES string of the molecule is O[C@@]12COc3ccccc3[C@H]1Oc1ccccc1C2. The van der Waals surface area contributed by atoms with Crippen LogP contribution in [0, 0.1) is 0 Å². The summed E-state index contributed by atoms with van der Waals surface area (Å²) in [6, 6.07) is 15.6. The molecule has 2 aliphatic rings. The minimum absolute atomic E-state index is 0.267. The first-order valence-electron chi connectivity index (χ1n) is 6.45. The molecule has 2 atom stereocenters. The van der Waals surface area contributed by atoms with E-state index < -0.39 is 5.60 Å². The van der Waals surface area contributed by atoms with E-state index in [0.717, 1.165) is 22.6 Å². The fourth-order valence-electron chi connectivity index (χ4n) is 2.93. The molecule has 0 bridgehead atoms. The minimum atomic E-state index is -0.983. The average Bonchev–Trinajstić information content (AvgIpc) is 2.45. The van der Waals surface area contributed by atoms with Gasteiger partial charge in [-0.1, -0.05) is 36.4 Å². The summed E-state index contributed by atoms with van der Waals surface area (Å²) >= 11 is 0. The van der Waals surface area contributed by atoms with Crippen LogP contribution >= 0.6 is 0 Å². The first-order chi connectivity index (χ1) is 9.26. The van der Waals surface area contributed by atoms with Gasteiger partial charge in [0.15, 0.2) is 6.10 Å². The van der Waals surface area contributed by atoms with Gasteiger partial charge in [0, 0.05) is 12.0 Å². The van der Waals surface area contributed by atoms with Crippen molar-refractivity contribution in [1.82, 2.24) is 0 Å². The average molecular weight is 254 g/mol. The first-order valence-corrected chi connectivity index (χ1v) is 6.45. The fraction of sp³-hybridized carbons (Fsp3) is 0.250. The van der Waals surface area contributed by atoms with Gasteiger partial charge < -0.3 is 14.6 Å². The topological polar surface area (TPSA) is 38.7 Å². The molecule has 0 spiro atoms. The Hall–Kier alpha value is -2.00. The van der Waals surface area contributed by atoms with E-state index in [1.165, 1.54) is 0 Å². The lowest BCUT2D eigenvalue weighted by Gasteiger charge is -2.44. The minimum Gasteiger partial charge on any atom is -0.490 e. The number of benzene rings is 2. The van der Waals surface area contributed by atoms with Gasteiger partial charge in [0.05, 0.1) is 0 Å². The van der Waals surface area contributed by atoms with Crippen LogP contribution in [0.5, 0.6) is 11.5 Å². The van der Waals surface area contributed by atoms with E-state index in [4.69, 9.17) is 9.47 Å². The molecule has 0 radical (unpaired) electrons. The van der Waals surface area contributed by atoms with Gasteiger partial charge in [-0.25, -0.2) is 0 Å². The summed E-state index contributed by atoms with van der Waals surface area (Å²) in [7, 11) is 0. The molecule has 1 N–H and O–H groups in total. The maximum atomic E-state index is 10.8. The molecule has 19 heavy (non-hydrogen) atoms. The van der Waals surface area contributed by atoms with Crippen LogP contribution < -0.4 is 9.47 Å². The molecular formula is C16H14O3. The molecule has 0 aromatic heterocycles. The van der Waals surface area contributed by atoms with Gasteiger partial charge in [0.25, 0.3) is 0 Å². The van der Waals surface area contributed by atoms with Crippen molar-refractivity contribution in [3.05, 3.63) is 59.7 Å². The molecule has 2 aromatic rings. The summed E-state index contributed by atoms with van der Waals surface area (Å²) in [5.41, 5.74) is 0.970. The summed E-state index contributed by atoms with van der Waals surface area (Å²) < 4.78 is 11.7. The molecule has 0 aliphatic carbocycles. The smallest absolute Gasteiger partial charge is 0.160 e. The number of para-hydroxylation sites is 2. The van der Waals surface area contributed by atoms with Crippen LogP contribution in [0.25, 0.3) is 0 Å². The molecular weight excluding hydrogens is 240 g/mol. The lowest BCUT2D eigenvalue weighted by atomic mass is 9.81. The van der Waals surface area contributed by atoms with Gasteiger partial charge in [0.1, 0.15) is 23.7 Å². The van der Waals surface area contributed by atoms with Gasteiger partial charge in [-0.15, -0.1) is 0 Å². The molecule has 4 rings (SSSR count). The van der Waals surface area contributed by atoms with Crippen LogP contribution in [0.4, 0.5) is 0 Å². The Kier molecular flexibility index (Phi) is 2.15. The van der Waals surface area contributed by atoms with Crippen molar-refractivity contribution < 1.29 is 14.6 Å². The van der Waals surface area contributed by atoms with Crippen molar-refractivity contribution in [2.24, 2.45) is 0 Å². The van der Waals surface area contributed by atoms with Crippen LogP contribution in [-0.2, 0) is 6.42 Å². The highest BCUT2D eigenvalue weighted by Crippen LogP contribution is 2.46. The zero-order valence-corrected chi connectivity index (χ0v) is 10.4. The van der Waals surface area contributed by atoms with E-state index in [1.54, 1.807) is 0 Å². The van der Waals surface area contributed by atoms with Crippen LogP contribution in [-0.4, -0.2) is 17.3 Å². The van der Waals surface area contributed by atoms with Crippen LogP contribution in [0.2, 0.25) is 0 Å². The molecule has 2 aliphatic heterocycles. The zero-order chi connectivity index (χ0) is 12.9. The predicted molar refractivity (Wildman–Crippen MR) is 70.4 cm³/mol. The molecule has 0 unspecified atom stereocenters. The van der Waals surface area contributed by atoms with Crippen molar-refractivity contribution in [2.75, 3.05) is 6.61 Å². The van der Waals surface area contributed by atoms with E-state index >= 15 is 0 Å². The van der Waals surface area contributed by atoms with Gasteiger partial charge in [-0.05, 0) is 17.7 Å². The van der Waals surface area contributed by atoms with Gasteiger partial charge in [-0.3, -0.25) is 0 Å². The Balaban J connectivity index is 1.85. The van der Waals surface area contributed by atoms with Crippen molar-refractivity contribution in [3.8, 4) is 11.5 Å². The molecule has 2 heterocycles. The number of hydrogen-bond donors (Lipinski definition) is 1. The quantitative estimate of drug-likeness (QED) is 0.785. The predicted octanol–water partition coefficient (Wildman–Crippen LogP) is 2.49. The van der Waals surface area contributed by atoms with Gasteiger partial charge in [-0.2, -0.15) is 0 Å². The normalized spacial score (nSPS) is 27.3. The molecule has 2 aromatic carbocycles. The third-order valence-electron chi connectivity index (χ3n) is 3.88. The lowest BCUT2D eigenvalue weighted by Crippen LogP contribution is -2.51. The molecule has 96 valence electrons. The number of ether oxygens (including phenoxy) is 2. The highest BCUT2D eigenvalue weighted by Gasteiger charge is 2.48. The summed E-state index contributed by atoms with van der Waals surface area (Å²) in [6.07, 6.45) is 0.203. The molecule has 3 nitrogen and oxygen atoms in total. The standard InChI is InChI=1S/C16H14O3/c17-16-9-11-5-1-3-7-13(11)19-15(16)12-6-2-4-8-14(12)18-10-16/h1-8,15,17H,9-10H2/t15-,16+/m1/s1. The van der Waals surface area contributed by atoms with Gasteiger partial charge >= 0.3 is 0 Å². The number of aliphatic hydroxyl groups is 1. The first kappa shape index (κ1) is 10.9. The van der Waals surface area contributed by atoms with E-state index in [2.05, 4.69) is 0 Å². The third kappa shape index (κ3) is 1.55. The van der Waals surface area contributed by atoms with Crippen molar-refractivity contribution >= 4 is 0 Å². The summed E-state index contributed by atoms with van der Waals surface area (Å²) in [5.74, 6) is 1.66. The second kappa shape index (κ2) is 3.75. The highest BCUT2D eigenvalue weighted by molar-refractivity contribution is 5.45. The largest absolute Gasteiger partial charge is 0.490 e. The highest BCUT2D eigenvalue weighted by atomic mass is 16.5. The summed E-state index contributed by atoms with van der Waals surface area (Å²) in [5, 5.41) is 10.8. The Morgan fingerprint density at radius 2 is 1.74 bits per heavy atom. The maximum absolute atomic E-state index is 10.8. The van der Waals surface area contributed by atoms with Crippen molar-refractivity contribution in [3.63, 3.8) is 0 Å². The Labute approximate surface area is 111 Å². The zero-order valence-electron chi connectivity index (χ0n) is 10.4. The molecule has 0 amide bonds. The maximum Gasteiger partial charge on any atom is 0.160 e.